The van der Waals surface area contributed by atoms with Gasteiger partial charge in [-0.3, -0.25) is 9.80 Å². The van der Waals surface area contributed by atoms with Gasteiger partial charge in [0.05, 0.1) is 111 Å². The third kappa shape index (κ3) is 19.2. The first kappa shape index (κ1) is 96.4. The predicted molar refractivity (Wildman–Crippen MR) is 469 cm³/mol. The number of nitrogens with one attached hydrogen (secondary N) is 1. The van der Waals surface area contributed by atoms with Gasteiger partial charge in [0.25, 0.3) is 0 Å². The monoisotopic (exact) mass is 1900 g/mol. The van der Waals surface area contributed by atoms with Gasteiger partial charge in [0.2, 0.25) is 0 Å². The summed E-state index contributed by atoms with van der Waals surface area (Å²) in [6.07, 6.45) is 1.33. The molecule has 0 atom stereocenters. The van der Waals surface area contributed by atoms with Crippen LogP contribution in [0.3, 0.4) is 0 Å². The van der Waals surface area contributed by atoms with E-state index in [1.165, 1.54) is 103 Å². The van der Waals surface area contributed by atoms with Crippen LogP contribution in [-0.2, 0) is 63.8 Å². The number of hydrogen-bond acceptors (Lipinski definition) is 17. The average molecular weight is 1900 g/mol. The highest BCUT2D eigenvalue weighted by molar-refractivity contribution is 6.06. The molecular formula is C96H75F16N15O10. The van der Waals surface area contributed by atoms with Crippen LogP contribution in [0.15, 0.2) is 152 Å². The summed E-state index contributed by atoms with van der Waals surface area (Å²) in [5.74, 6) is -31.3. The molecule has 137 heavy (non-hydrogen) atoms. The van der Waals surface area contributed by atoms with Crippen LogP contribution in [0, 0.1) is 93.1 Å². The second-order valence-electron chi connectivity index (χ2n) is 32.1. The molecule has 12 aromatic carbocycles. The number of carboxylic acid groups (broad SMARTS) is 4. The number of aromatic carboxylic acids is 4. The standard InChI is InChI=1S/2C25H20F4N4O3.C23H18F4N4O2.C23H17F4N3O2/c2*1-32-30-17-11-15(10-16(25(34)35)24(17)31-32)19-22(28)20(26)18(21(27)23(19)29)14-4-2-3-13(9-14)12-33-5-7-36-8-6-33;1-30(2)10-11-5-4-6-12(7-11)16-18(24)20(26)17(21(27)19(16)25)13-8-14(23(32)33)22-15(9-13)28-29-31(22)3;1-28-9-11-4-3-5-12(6-11)16-18(24)20(26)17(21(27)19(16)25)13-7-14(23(31)32)22-15(8-13)29-10-30(22)2/h2*2-4,9-11H,5-8,12H2,1H3,(H,34,35);4-9H,10H2,1-3H3,(H,32,33);3-8,10,28H,9H2,1-2H3,(H,31,32). The van der Waals surface area contributed by atoms with Crippen LogP contribution < -0.4 is 5.32 Å². The Kier molecular flexibility index (Phi) is 28.0. The number of carbonyl (C=O) groups is 4. The molecule has 0 bridgehead atoms. The molecule has 0 aliphatic carbocycles. The van der Waals surface area contributed by atoms with Crippen molar-refractivity contribution in [3.05, 3.63) is 290 Å². The number of fused-ring (bicyclic) bond motifs is 4. The number of carboxylic acids is 4. The van der Waals surface area contributed by atoms with Crippen LogP contribution in [0.1, 0.15) is 63.7 Å². The molecular weight excluding hydrogens is 1830 g/mol. The van der Waals surface area contributed by atoms with Crippen molar-refractivity contribution >= 4 is 68.0 Å². The van der Waals surface area contributed by atoms with Gasteiger partial charge in [0.15, 0.2) is 93.1 Å². The van der Waals surface area contributed by atoms with Crippen molar-refractivity contribution in [3.63, 3.8) is 0 Å². The fraction of sp³-hybridized carbons (Fsp3) is 0.198. The summed E-state index contributed by atoms with van der Waals surface area (Å²) in [6.45, 7) is 6.89. The van der Waals surface area contributed by atoms with Gasteiger partial charge in [-0.25, -0.2) is 99.1 Å². The highest BCUT2D eigenvalue weighted by Gasteiger charge is 2.36. The first-order chi connectivity index (χ1) is 65.3. The maximum Gasteiger partial charge on any atom is 0.338 e. The molecule has 41 heteroatoms. The fourth-order valence-electron chi connectivity index (χ4n) is 16.4. The number of halogens is 16. The van der Waals surface area contributed by atoms with E-state index in [1.54, 1.807) is 64.6 Å². The largest absolute Gasteiger partial charge is 0.478 e. The van der Waals surface area contributed by atoms with Crippen LogP contribution in [0.4, 0.5) is 70.2 Å². The summed E-state index contributed by atoms with van der Waals surface area (Å²) in [5.41, 5.74) is -7.23. The molecule has 706 valence electrons. The molecule has 4 aromatic heterocycles. The highest BCUT2D eigenvalue weighted by atomic mass is 19.2. The van der Waals surface area contributed by atoms with E-state index < -0.39 is 173 Å². The van der Waals surface area contributed by atoms with Gasteiger partial charge in [-0.1, -0.05) is 78.0 Å². The third-order valence-corrected chi connectivity index (χ3v) is 22.6. The quantitative estimate of drug-likeness (QED) is 0.0350. The number of rotatable bonds is 20. The minimum absolute atomic E-state index is 0.00640. The number of benzene rings is 12. The molecule has 2 saturated heterocycles. The maximum absolute atomic E-state index is 15.3. The Balaban J connectivity index is 0.000000139. The van der Waals surface area contributed by atoms with Crippen LogP contribution in [0.25, 0.3) is 133 Å². The topological polar surface area (TPSA) is 299 Å². The van der Waals surface area contributed by atoms with Crippen molar-refractivity contribution < 1.29 is 119 Å². The highest BCUT2D eigenvalue weighted by Crippen LogP contribution is 2.45. The van der Waals surface area contributed by atoms with Crippen LogP contribution in [0.2, 0.25) is 0 Å². The molecule has 2 aliphatic heterocycles. The molecule has 2 fully saturated rings. The third-order valence-electron chi connectivity index (χ3n) is 22.6. The zero-order chi connectivity index (χ0) is 98.3. The molecule has 0 spiro atoms. The van der Waals surface area contributed by atoms with E-state index in [0.29, 0.717) is 89.9 Å². The van der Waals surface area contributed by atoms with Crippen molar-refractivity contribution in [1.29, 1.82) is 0 Å². The molecule has 16 aromatic rings. The number of hydrogen-bond donors (Lipinski definition) is 5. The van der Waals surface area contributed by atoms with Gasteiger partial charge in [-0.05, 0) is 161 Å². The number of nitrogens with zero attached hydrogens (tertiary/aromatic N) is 14. The van der Waals surface area contributed by atoms with Crippen LogP contribution in [0.5, 0.6) is 0 Å². The zero-order valence-electron chi connectivity index (χ0n) is 73.0. The molecule has 5 N–H and O–H groups in total. The minimum Gasteiger partial charge on any atom is -0.478 e. The lowest BCUT2D eigenvalue weighted by Crippen LogP contribution is -2.35. The molecule has 0 saturated carbocycles. The van der Waals surface area contributed by atoms with E-state index in [9.17, 15) is 39.6 Å². The average Bonchev–Trinajstić information content (AvgIpc) is 1.77. The van der Waals surface area contributed by atoms with E-state index in [1.807, 2.05) is 4.90 Å². The number of morpholine rings is 2. The van der Waals surface area contributed by atoms with Crippen molar-refractivity contribution in [1.82, 2.24) is 74.5 Å². The number of ether oxygens (including phenoxy) is 2. The Hall–Kier alpha value is -15.2. The van der Waals surface area contributed by atoms with Gasteiger partial charge in [0, 0.05) is 80.5 Å². The lowest BCUT2D eigenvalue weighted by Gasteiger charge is -2.26. The summed E-state index contributed by atoms with van der Waals surface area (Å²) >= 11 is 0. The van der Waals surface area contributed by atoms with Crippen molar-refractivity contribution in [2.45, 2.75) is 26.2 Å². The van der Waals surface area contributed by atoms with Crippen LogP contribution >= 0.6 is 0 Å². The number of aromatic nitrogens is 11. The van der Waals surface area contributed by atoms with E-state index in [0.717, 1.165) is 63.2 Å². The Morgan fingerprint density at radius 2 is 0.650 bits per heavy atom. The molecule has 18 rings (SSSR count). The van der Waals surface area contributed by atoms with Gasteiger partial charge >= 0.3 is 23.9 Å². The van der Waals surface area contributed by atoms with E-state index >= 15 is 70.2 Å². The predicted octanol–water partition coefficient (Wildman–Crippen LogP) is 18.3. The number of aryl methyl sites for hydroxylation is 4. The Morgan fingerprint density at radius 3 is 0.985 bits per heavy atom. The lowest BCUT2D eigenvalue weighted by molar-refractivity contribution is 0.0341. The summed E-state index contributed by atoms with van der Waals surface area (Å²) in [4.78, 5) is 59.0. The van der Waals surface area contributed by atoms with Gasteiger partial charge in [-0.15, -0.1) is 5.10 Å². The Bertz CT molecular complexity index is 7210. The molecule has 0 unspecified atom stereocenters. The van der Waals surface area contributed by atoms with Crippen molar-refractivity contribution in [2.24, 2.45) is 28.2 Å². The second kappa shape index (κ2) is 39.8. The molecule has 0 radical (unpaired) electrons. The summed E-state index contributed by atoms with van der Waals surface area (Å²) in [5, 5.41) is 64.2. The van der Waals surface area contributed by atoms with E-state index in [4.69, 9.17) is 9.47 Å². The summed E-state index contributed by atoms with van der Waals surface area (Å²) in [7, 11) is 11.2. The fourth-order valence-corrected chi connectivity index (χ4v) is 16.4. The van der Waals surface area contributed by atoms with Gasteiger partial charge in [0.1, 0.15) is 33.1 Å². The first-order valence-corrected chi connectivity index (χ1v) is 41.5. The summed E-state index contributed by atoms with van der Waals surface area (Å²) in [6, 6.07) is 32.8. The molecule has 2 aliphatic rings. The second-order valence-corrected chi connectivity index (χ2v) is 32.1. The van der Waals surface area contributed by atoms with E-state index in [2.05, 4.69) is 50.8 Å². The first-order valence-electron chi connectivity index (χ1n) is 41.5. The normalized spacial score (nSPS) is 13.0. The van der Waals surface area contributed by atoms with Gasteiger partial charge < -0.3 is 44.7 Å². The maximum atomic E-state index is 15.3. The Morgan fingerprint density at radius 1 is 0.358 bits per heavy atom. The van der Waals surface area contributed by atoms with Crippen molar-refractivity contribution in [3.8, 4) is 89.0 Å². The zero-order valence-corrected chi connectivity index (χ0v) is 73.0. The number of imidazole rings is 1. The van der Waals surface area contributed by atoms with Crippen LogP contribution in [-0.4, -0.2) is 187 Å². The van der Waals surface area contributed by atoms with Crippen molar-refractivity contribution in [2.75, 3.05) is 73.7 Å². The van der Waals surface area contributed by atoms with Gasteiger partial charge in [-0.2, -0.15) is 30.0 Å². The smallest absolute Gasteiger partial charge is 0.338 e. The Labute approximate surface area is 765 Å². The molecule has 0 amide bonds. The van der Waals surface area contributed by atoms with E-state index in [-0.39, 0.29) is 99.8 Å². The molecule has 25 nitrogen and oxygen atoms in total. The lowest BCUT2D eigenvalue weighted by atomic mass is 9.95. The SMILES string of the molecule is CN(C)Cc1cccc(-c2c(F)c(F)c(-c3cc(C(=O)O)c4c(c3)nnn4C)c(F)c2F)c1.CNCc1cccc(-c2c(F)c(F)c(-c3cc(C(=O)O)c4c(c3)ncn4C)c(F)c2F)c1.Cn1nc2cc(-c3c(F)c(F)c(-c4cccc(CN5CCOCC5)c4)c(F)c3F)cc(C(=O)O)c2n1.Cn1nc2cc(-c3c(F)c(F)c(-c4cccc(CN5CCOCC5)c4)c(F)c3F)cc(C(=O)O)c2n1. The minimum atomic E-state index is -1.64. The summed E-state index contributed by atoms with van der Waals surface area (Å²) < 4.78 is 256. The molecule has 6 heterocycles.